The highest BCUT2D eigenvalue weighted by Crippen LogP contribution is 2.21. The maximum atomic E-state index is 11.2. The number of carbonyl (C=O) groups excluding carboxylic acids is 1. The summed E-state index contributed by atoms with van der Waals surface area (Å²) in [5, 5.41) is 2.98. The maximum Gasteiger partial charge on any atom is 0.221 e. The van der Waals surface area contributed by atoms with E-state index in [1.807, 2.05) is 0 Å². The van der Waals surface area contributed by atoms with Crippen LogP contribution in [-0.4, -0.2) is 19.0 Å². The van der Waals surface area contributed by atoms with Gasteiger partial charge in [-0.3, -0.25) is 4.79 Å². The molecule has 1 fully saturated rings. The van der Waals surface area contributed by atoms with E-state index in [1.54, 1.807) is 0 Å². The van der Waals surface area contributed by atoms with Gasteiger partial charge in [0.1, 0.15) is 0 Å². The predicted octanol–water partition coefficient (Wildman–Crippen LogP) is 1.81. The van der Waals surface area contributed by atoms with Gasteiger partial charge in [-0.1, -0.05) is 32.1 Å². The number of hydrogen-bond acceptors (Lipinski definition) is 2. The second-order valence-corrected chi connectivity index (χ2v) is 4.55. The van der Waals surface area contributed by atoms with Gasteiger partial charge in [-0.15, -0.1) is 0 Å². The molecule has 88 valence electrons. The third kappa shape index (κ3) is 5.78. The van der Waals surface area contributed by atoms with E-state index in [1.165, 1.54) is 44.9 Å². The Labute approximate surface area is 92.8 Å². The highest BCUT2D eigenvalue weighted by Gasteiger charge is 2.11. The number of nitrogens with two attached hydrogens (primary N) is 1. The molecule has 3 heteroatoms. The van der Waals surface area contributed by atoms with Gasteiger partial charge < -0.3 is 11.1 Å². The van der Waals surface area contributed by atoms with Gasteiger partial charge in [0.2, 0.25) is 5.91 Å². The minimum atomic E-state index is 0.111. The average Bonchev–Trinajstić information content (AvgIpc) is 2.16. The fourth-order valence-corrected chi connectivity index (χ4v) is 2.22. The summed E-state index contributed by atoms with van der Waals surface area (Å²) in [6, 6.07) is 0. The summed E-state index contributed by atoms with van der Waals surface area (Å²) >= 11 is 0. The lowest BCUT2D eigenvalue weighted by molar-refractivity contribution is -0.121. The molecule has 0 aromatic carbocycles. The number of nitrogens with one attached hydrogen (secondary N) is 1. The third-order valence-electron chi connectivity index (χ3n) is 3.18. The van der Waals surface area contributed by atoms with Crippen LogP contribution in [0.5, 0.6) is 0 Å². The monoisotopic (exact) mass is 212 g/mol. The molecule has 0 heterocycles. The summed E-state index contributed by atoms with van der Waals surface area (Å²) in [6.07, 6.45) is 9.82. The van der Waals surface area contributed by atoms with Gasteiger partial charge in [0.15, 0.2) is 0 Å². The Morgan fingerprint density at radius 2 is 1.73 bits per heavy atom. The van der Waals surface area contributed by atoms with Gasteiger partial charge in [0.05, 0.1) is 0 Å². The Morgan fingerprint density at radius 1 is 1.13 bits per heavy atom. The number of carbonyl (C=O) groups is 1. The molecule has 0 spiro atoms. The number of hydrogen-bond donors (Lipinski definition) is 2. The van der Waals surface area contributed by atoms with Crippen molar-refractivity contribution < 1.29 is 4.79 Å². The van der Waals surface area contributed by atoms with Crippen molar-refractivity contribution in [3.8, 4) is 0 Å². The Kier molecular flexibility index (Phi) is 6.41. The largest absolute Gasteiger partial charge is 0.356 e. The fourth-order valence-electron chi connectivity index (χ4n) is 2.22. The van der Waals surface area contributed by atoms with Crippen molar-refractivity contribution in [2.24, 2.45) is 11.7 Å². The van der Waals surface area contributed by atoms with E-state index in [0.29, 0.717) is 18.9 Å². The van der Waals surface area contributed by atoms with Crippen molar-refractivity contribution in [1.82, 2.24) is 5.32 Å². The molecule has 0 radical (unpaired) electrons. The summed E-state index contributed by atoms with van der Waals surface area (Å²) < 4.78 is 0. The van der Waals surface area contributed by atoms with E-state index < -0.39 is 0 Å². The van der Waals surface area contributed by atoms with Gasteiger partial charge >= 0.3 is 0 Å². The molecular formula is C12H24N2O. The van der Waals surface area contributed by atoms with Crippen LogP contribution in [0.2, 0.25) is 0 Å². The molecule has 0 atom stereocenters. The van der Waals surface area contributed by atoms with E-state index in [2.05, 4.69) is 5.32 Å². The van der Waals surface area contributed by atoms with Crippen LogP contribution < -0.4 is 11.1 Å². The average molecular weight is 212 g/mol. The van der Waals surface area contributed by atoms with E-state index >= 15 is 0 Å². The molecule has 0 saturated heterocycles. The van der Waals surface area contributed by atoms with E-state index in [0.717, 1.165) is 6.54 Å². The summed E-state index contributed by atoms with van der Waals surface area (Å²) in [6.45, 7) is 1.31. The van der Waals surface area contributed by atoms with Crippen LogP contribution in [0.4, 0.5) is 0 Å². The molecule has 1 amide bonds. The first-order valence-electron chi connectivity index (χ1n) is 6.29. The molecule has 0 aliphatic heterocycles. The Bertz CT molecular complexity index is 174. The Morgan fingerprint density at radius 3 is 2.33 bits per heavy atom. The fraction of sp³-hybridized carbons (Fsp3) is 0.917. The number of rotatable bonds is 4. The standard InChI is InChI=1S/C12H24N2O/c13-9-8-12(15)14-10-11-6-4-2-1-3-5-7-11/h11H,1-10,13H2,(H,14,15). The Balaban J connectivity index is 2.14. The molecule has 1 saturated carbocycles. The van der Waals surface area contributed by atoms with Gasteiger partial charge in [0.25, 0.3) is 0 Å². The lowest BCUT2D eigenvalue weighted by Crippen LogP contribution is -2.30. The smallest absolute Gasteiger partial charge is 0.221 e. The molecule has 0 bridgehead atoms. The van der Waals surface area contributed by atoms with Gasteiger partial charge in [-0.2, -0.15) is 0 Å². The zero-order chi connectivity index (χ0) is 10.9. The molecule has 1 aliphatic carbocycles. The van der Waals surface area contributed by atoms with Crippen LogP contribution in [0.25, 0.3) is 0 Å². The second kappa shape index (κ2) is 7.69. The lowest BCUT2D eigenvalue weighted by Gasteiger charge is -2.19. The first-order chi connectivity index (χ1) is 7.33. The molecule has 1 aliphatic rings. The molecule has 0 unspecified atom stereocenters. The van der Waals surface area contributed by atoms with Crippen molar-refractivity contribution in [1.29, 1.82) is 0 Å². The van der Waals surface area contributed by atoms with E-state index in [-0.39, 0.29) is 5.91 Å². The highest BCUT2D eigenvalue weighted by atomic mass is 16.1. The van der Waals surface area contributed by atoms with Crippen LogP contribution in [0, 0.1) is 5.92 Å². The Hall–Kier alpha value is -0.570. The van der Waals surface area contributed by atoms with E-state index in [9.17, 15) is 4.79 Å². The van der Waals surface area contributed by atoms with Crippen molar-refractivity contribution >= 4 is 5.91 Å². The van der Waals surface area contributed by atoms with Crippen LogP contribution in [-0.2, 0) is 4.79 Å². The molecular weight excluding hydrogens is 188 g/mol. The molecule has 3 nitrogen and oxygen atoms in total. The SMILES string of the molecule is NCCC(=O)NCC1CCCCCCC1. The zero-order valence-corrected chi connectivity index (χ0v) is 9.63. The van der Waals surface area contributed by atoms with Crippen molar-refractivity contribution in [2.75, 3.05) is 13.1 Å². The quantitative estimate of drug-likeness (QED) is 0.746. The van der Waals surface area contributed by atoms with Gasteiger partial charge in [0, 0.05) is 19.5 Å². The highest BCUT2D eigenvalue weighted by molar-refractivity contribution is 5.75. The van der Waals surface area contributed by atoms with Crippen molar-refractivity contribution in [3.05, 3.63) is 0 Å². The molecule has 15 heavy (non-hydrogen) atoms. The van der Waals surface area contributed by atoms with Crippen molar-refractivity contribution in [2.45, 2.75) is 51.4 Å². The second-order valence-electron chi connectivity index (χ2n) is 4.55. The van der Waals surface area contributed by atoms with Crippen LogP contribution in [0.3, 0.4) is 0 Å². The van der Waals surface area contributed by atoms with Crippen LogP contribution >= 0.6 is 0 Å². The summed E-state index contributed by atoms with van der Waals surface area (Å²) in [7, 11) is 0. The van der Waals surface area contributed by atoms with Crippen LogP contribution in [0.15, 0.2) is 0 Å². The van der Waals surface area contributed by atoms with E-state index in [4.69, 9.17) is 5.73 Å². The molecule has 1 rings (SSSR count). The molecule has 3 N–H and O–H groups in total. The minimum absolute atomic E-state index is 0.111. The number of amides is 1. The lowest BCUT2D eigenvalue weighted by atomic mass is 9.91. The predicted molar refractivity (Wildman–Crippen MR) is 62.5 cm³/mol. The van der Waals surface area contributed by atoms with Gasteiger partial charge in [-0.25, -0.2) is 0 Å². The topological polar surface area (TPSA) is 55.1 Å². The first-order valence-corrected chi connectivity index (χ1v) is 6.29. The summed E-state index contributed by atoms with van der Waals surface area (Å²) in [4.78, 5) is 11.2. The molecule has 0 aromatic heterocycles. The normalized spacial score (nSPS) is 19.3. The van der Waals surface area contributed by atoms with Gasteiger partial charge in [-0.05, 0) is 18.8 Å². The van der Waals surface area contributed by atoms with Crippen LogP contribution in [0.1, 0.15) is 51.4 Å². The molecule has 0 aromatic rings. The zero-order valence-electron chi connectivity index (χ0n) is 9.63. The summed E-state index contributed by atoms with van der Waals surface area (Å²) in [5.41, 5.74) is 5.32. The maximum absolute atomic E-state index is 11.2. The van der Waals surface area contributed by atoms with Crippen molar-refractivity contribution in [3.63, 3.8) is 0 Å². The third-order valence-corrected chi connectivity index (χ3v) is 3.18. The first kappa shape index (κ1) is 12.5. The summed E-state index contributed by atoms with van der Waals surface area (Å²) in [5.74, 6) is 0.812. The minimum Gasteiger partial charge on any atom is -0.356 e.